The van der Waals surface area contributed by atoms with Crippen LogP contribution < -0.4 is 11.1 Å². The number of benzene rings is 3. The Balaban J connectivity index is 1.34. The molecule has 0 bridgehead atoms. The Bertz CT molecular complexity index is 1740. The average Bonchev–Trinajstić information content (AvgIpc) is 3.30. The van der Waals surface area contributed by atoms with Gasteiger partial charge in [-0.3, -0.25) is 9.59 Å². The van der Waals surface area contributed by atoms with Crippen LogP contribution in [0.3, 0.4) is 0 Å². The molecule has 3 N–H and O–H groups in total. The summed E-state index contributed by atoms with van der Waals surface area (Å²) in [5.41, 5.74) is 12.1. The van der Waals surface area contributed by atoms with Crippen molar-refractivity contribution in [3.63, 3.8) is 0 Å². The third-order valence-electron chi connectivity index (χ3n) is 7.94. The first-order chi connectivity index (χ1) is 19.3. The molecule has 6 nitrogen and oxygen atoms in total. The number of aromatic nitrogens is 2. The van der Waals surface area contributed by atoms with Crippen molar-refractivity contribution in [1.29, 1.82) is 0 Å². The van der Waals surface area contributed by atoms with Gasteiger partial charge in [-0.2, -0.15) is 5.10 Å². The Morgan fingerprint density at radius 2 is 1.75 bits per heavy atom. The van der Waals surface area contributed by atoms with Crippen molar-refractivity contribution < 1.29 is 14.0 Å². The van der Waals surface area contributed by atoms with E-state index >= 15 is 0 Å². The summed E-state index contributed by atoms with van der Waals surface area (Å²) in [5, 5.41) is 7.90. The first kappa shape index (κ1) is 25.5. The van der Waals surface area contributed by atoms with E-state index in [1.54, 1.807) is 22.8 Å². The van der Waals surface area contributed by atoms with E-state index in [4.69, 9.17) is 5.73 Å². The molecule has 0 aliphatic heterocycles. The lowest BCUT2D eigenvalue weighted by atomic mass is 9.71. The molecule has 7 heteroatoms. The predicted molar refractivity (Wildman–Crippen MR) is 153 cm³/mol. The number of primary amides is 1. The number of carbonyl (C=O) groups is 2. The van der Waals surface area contributed by atoms with Gasteiger partial charge in [-0.05, 0) is 90.4 Å². The zero-order chi connectivity index (χ0) is 27.9. The molecule has 1 aliphatic rings. The number of aryl methyl sites for hydroxylation is 1. The first-order valence-corrected chi connectivity index (χ1v) is 13.4. The van der Waals surface area contributed by atoms with E-state index in [2.05, 4.69) is 22.5 Å². The number of pyridine rings is 1. The fourth-order valence-electron chi connectivity index (χ4n) is 5.59. The summed E-state index contributed by atoms with van der Waals surface area (Å²) in [6.07, 6.45) is 5.03. The summed E-state index contributed by atoms with van der Waals surface area (Å²) in [4.78, 5) is 26.0. The highest BCUT2D eigenvalue weighted by molar-refractivity contribution is 6.02. The summed E-state index contributed by atoms with van der Waals surface area (Å²) in [6.45, 7) is 1.99. The van der Waals surface area contributed by atoms with E-state index in [9.17, 15) is 14.0 Å². The number of hydrogen-bond acceptors (Lipinski definition) is 3. The predicted octanol–water partition coefficient (Wildman–Crippen LogP) is 5.95. The molecule has 200 valence electrons. The molecule has 3 aromatic carbocycles. The van der Waals surface area contributed by atoms with Crippen LogP contribution in [0.1, 0.15) is 62.4 Å². The van der Waals surface area contributed by atoms with Crippen LogP contribution in [0.5, 0.6) is 0 Å². The van der Waals surface area contributed by atoms with Crippen molar-refractivity contribution >= 4 is 17.3 Å². The molecule has 2 amide bonds. The Morgan fingerprint density at radius 3 is 2.42 bits per heavy atom. The van der Waals surface area contributed by atoms with E-state index in [1.165, 1.54) is 12.1 Å². The minimum Gasteiger partial charge on any atom is -0.365 e. The van der Waals surface area contributed by atoms with Crippen LogP contribution in [0.2, 0.25) is 0 Å². The summed E-state index contributed by atoms with van der Waals surface area (Å²) in [6, 6.07) is 25.7. The van der Waals surface area contributed by atoms with Crippen LogP contribution in [-0.4, -0.2) is 21.4 Å². The molecule has 0 radical (unpaired) electrons. The van der Waals surface area contributed by atoms with Gasteiger partial charge in [0.25, 0.3) is 11.8 Å². The van der Waals surface area contributed by atoms with Gasteiger partial charge in [0.05, 0.1) is 22.3 Å². The van der Waals surface area contributed by atoms with Gasteiger partial charge in [-0.25, -0.2) is 8.91 Å². The molecule has 1 aliphatic carbocycles. The van der Waals surface area contributed by atoms with E-state index < -0.39 is 5.91 Å². The number of nitrogens with two attached hydrogens (primary N) is 1. The van der Waals surface area contributed by atoms with Gasteiger partial charge in [0.1, 0.15) is 5.82 Å². The minimum absolute atomic E-state index is 0.116. The molecule has 1 saturated carbocycles. The van der Waals surface area contributed by atoms with Gasteiger partial charge in [-0.15, -0.1) is 0 Å². The number of nitrogens with one attached hydrogen (secondary N) is 1. The molecule has 2 aromatic heterocycles. The minimum atomic E-state index is -0.583. The fourth-order valence-corrected chi connectivity index (χ4v) is 5.59. The number of halogens is 1. The topological polar surface area (TPSA) is 89.5 Å². The van der Waals surface area contributed by atoms with Crippen LogP contribution in [0.4, 0.5) is 4.39 Å². The number of amides is 2. The van der Waals surface area contributed by atoms with Crippen LogP contribution in [0, 0.1) is 12.7 Å². The molecule has 5 aromatic rings. The van der Waals surface area contributed by atoms with E-state index in [0.717, 1.165) is 47.1 Å². The standard InChI is InChI=1S/C33H29FN4O2/c1-21-8-11-24(32(40)36-33(15-5-16-33)25-6-3-2-4-7-25)19-27(21)23-14-17-38-29(20-23)30(31(35)39)28(37-38)18-22-9-12-26(34)13-10-22/h2-4,6-14,17,19-20H,5,15-16,18H2,1H3,(H2,35,39)(H,36,40). The second-order valence-electron chi connectivity index (χ2n) is 10.5. The Kier molecular flexibility index (Phi) is 6.42. The second kappa shape index (κ2) is 10.1. The molecular formula is C33H29FN4O2. The molecule has 2 heterocycles. The maximum atomic E-state index is 13.5. The highest BCUT2D eigenvalue weighted by atomic mass is 19.1. The van der Waals surface area contributed by atoms with Crippen LogP contribution in [0.25, 0.3) is 16.6 Å². The van der Waals surface area contributed by atoms with E-state index in [1.807, 2.05) is 55.5 Å². The molecule has 40 heavy (non-hydrogen) atoms. The Hall–Kier alpha value is -4.78. The largest absolute Gasteiger partial charge is 0.365 e. The maximum absolute atomic E-state index is 13.5. The van der Waals surface area contributed by atoms with Gasteiger partial charge >= 0.3 is 0 Å². The van der Waals surface area contributed by atoms with Crippen molar-refractivity contribution in [2.45, 2.75) is 38.1 Å². The molecule has 6 rings (SSSR count). The molecule has 0 saturated heterocycles. The SMILES string of the molecule is Cc1ccc(C(=O)NC2(c3ccccc3)CCC2)cc1-c1ccn2nc(Cc3ccc(F)cc3)c(C(N)=O)c2c1. The van der Waals surface area contributed by atoms with Gasteiger partial charge in [-0.1, -0.05) is 48.5 Å². The van der Waals surface area contributed by atoms with E-state index in [-0.39, 0.29) is 17.3 Å². The van der Waals surface area contributed by atoms with Crippen molar-refractivity contribution in [3.05, 3.63) is 130 Å². The highest BCUT2D eigenvalue weighted by Gasteiger charge is 2.40. The van der Waals surface area contributed by atoms with E-state index in [0.29, 0.717) is 28.8 Å². The summed E-state index contributed by atoms with van der Waals surface area (Å²) in [5.74, 6) is -1.02. The number of hydrogen-bond donors (Lipinski definition) is 2. The monoisotopic (exact) mass is 532 g/mol. The summed E-state index contributed by atoms with van der Waals surface area (Å²) < 4.78 is 15.0. The number of fused-ring (bicyclic) bond motifs is 1. The quantitative estimate of drug-likeness (QED) is 0.272. The molecule has 0 spiro atoms. The van der Waals surface area contributed by atoms with Crippen LogP contribution in [-0.2, 0) is 12.0 Å². The fraction of sp³-hybridized carbons (Fsp3) is 0.182. The zero-order valence-electron chi connectivity index (χ0n) is 22.2. The second-order valence-corrected chi connectivity index (χ2v) is 10.5. The van der Waals surface area contributed by atoms with Crippen molar-refractivity contribution in [1.82, 2.24) is 14.9 Å². The van der Waals surface area contributed by atoms with Crippen molar-refractivity contribution in [2.75, 3.05) is 0 Å². The van der Waals surface area contributed by atoms with Gasteiger partial charge in [0.2, 0.25) is 0 Å². The van der Waals surface area contributed by atoms with Crippen molar-refractivity contribution in [3.8, 4) is 11.1 Å². The molecule has 1 fully saturated rings. The number of rotatable bonds is 7. The molecule has 0 unspecified atom stereocenters. The first-order valence-electron chi connectivity index (χ1n) is 13.4. The van der Waals surface area contributed by atoms with Crippen LogP contribution in [0.15, 0.2) is 91.1 Å². The van der Waals surface area contributed by atoms with Crippen molar-refractivity contribution in [2.24, 2.45) is 5.73 Å². The van der Waals surface area contributed by atoms with Gasteiger partial charge in [0.15, 0.2) is 0 Å². The summed E-state index contributed by atoms with van der Waals surface area (Å²) >= 11 is 0. The van der Waals surface area contributed by atoms with Gasteiger partial charge < -0.3 is 11.1 Å². The number of nitrogens with zero attached hydrogens (tertiary/aromatic N) is 2. The smallest absolute Gasteiger partial charge is 0.252 e. The Morgan fingerprint density at radius 1 is 1.00 bits per heavy atom. The zero-order valence-corrected chi connectivity index (χ0v) is 22.2. The average molecular weight is 533 g/mol. The normalized spacial score (nSPS) is 14.1. The highest BCUT2D eigenvalue weighted by Crippen LogP contribution is 2.41. The molecule has 0 atom stereocenters. The van der Waals surface area contributed by atoms with Crippen LogP contribution >= 0.6 is 0 Å². The van der Waals surface area contributed by atoms with Gasteiger partial charge in [0, 0.05) is 18.2 Å². The number of carbonyl (C=O) groups excluding carboxylic acids is 2. The maximum Gasteiger partial charge on any atom is 0.252 e. The third-order valence-corrected chi connectivity index (χ3v) is 7.94. The third kappa shape index (κ3) is 4.64. The summed E-state index contributed by atoms with van der Waals surface area (Å²) in [7, 11) is 0. The lowest BCUT2D eigenvalue weighted by Crippen LogP contribution is -2.50. The lowest BCUT2D eigenvalue weighted by Gasteiger charge is -2.43. The Labute approximate surface area is 231 Å². The molecular weight excluding hydrogens is 503 g/mol. The lowest BCUT2D eigenvalue weighted by molar-refractivity contribution is 0.0823.